The molecule has 2 fully saturated rings. The van der Waals surface area contributed by atoms with Gasteiger partial charge in [-0.3, -0.25) is 4.79 Å². The number of benzene rings is 3. The SMILES string of the molecule is CCOc1ccc(Cc2cc([C@@H]3O[C@H](CN(C)c4cccc(C(=O)N5CCCC5)c4)[C@@H](O)[C@H](O)[C@H]3C)ccc2Cl)cc1. The van der Waals surface area contributed by atoms with Crippen LogP contribution < -0.4 is 9.64 Å². The number of nitrogens with zero attached hydrogens (tertiary/aromatic N) is 2. The highest BCUT2D eigenvalue weighted by molar-refractivity contribution is 6.31. The van der Waals surface area contributed by atoms with Gasteiger partial charge in [0.1, 0.15) is 18.0 Å². The van der Waals surface area contributed by atoms with Crippen molar-refractivity contribution in [1.29, 1.82) is 0 Å². The van der Waals surface area contributed by atoms with Crippen LogP contribution in [0.3, 0.4) is 0 Å². The van der Waals surface area contributed by atoms with Gasteiger partial charge < -0.3 is 29.5 Å². The number of amides is 1. The largest absolute Gasteiger partial charge is 0.494 e. The van der Waals surface area contributed by atoms with Crippen LogP contribution in [-0.2, 0) is 11.2 Å². The number of ether oxygens (including phenoxy) is 2. The monoisotopic (exact) mass is 592 g/mol. The number of carbonyl (C=O) groups is 1. The summed E-state index contributed by atoms with van der Waals surface area (Å²) < 4.78 is 12.1. The minimum Gasteiger partial charge on any atom is -0.494 e. The van der Waals surface area contributed by atoms with Gasteiger partial charge in [0.15, 0.2) is 0 Å². The number of likely N-dealkylation sites (tertiary alicyclic amines) is 1. The molecule has 2 heterocycles. The number of anilines is 1. The average molecular weight is 593 g/mol. The molecule has 5 rings (SSSR count). The van der Waals surface area contributed by atoms with Crippen LogP contribution in [0, 0.1) is 5.92 Å². The number of carbonyl (C=O) groups excluding carboxylic acids is 1. The van der Waals surface area contributed by atoms with E-state index in [4.69, 9.17) is 21.1 Å². The van der Waals surface area contributed by atoms with Gasteiger partial charge in [-0.2, -0.15) is 0 Å². The molecule has 2 aliphatic rings. The van der Waals surface area contributed by atoms with Crippen LogP contribution in [0.5, 0.6) is 5.75 Å². The Morgan fingerprint density at radius 2 is 1.79 bits per heavy atom. The molecule has 2 N–H and O–H groups in total. The smallest absolute Gasteiger partial charge is 0.253 e. The van der Waals surface area contributed by atoms with E-state index >= 15 is 0 Å². The molecule has 0 saturated carbocycles. The fourth-order valence-corrected chi connectivity index (χ4v) is 6.17. The van der Waals surface area contributed by atoms with E-state index in [2.05, 4.69) is 0 Å². The van der Waals surface area contributed by atoms with Crippen molar-refractivity contribution >= 4 is 23.2 Å². The zero-order valence-corrected chi connectivity index (χ0v) is 25.3. The molecule has 5 atom stereocenters. The maximum Gasteiger partial charge on any atom is 0.253 e. The Bertz CT molecular complexity index is 1360. The van der Waals surface area contributed by atoms with Gasteiger partial charge in [-0.1, -0.05) is 48.9 Å². The van der Waals surface area contributed by atoms with Crippen molar-refractivity contribution in [3.63, 3.8) is 0 Å². The predicted octanol–water partition coefficient (Wildman–Crippen LogP) is 5.50. The van der Waals surface area contributed by atoms with Crippen molar-refractivity contribution in [3.05, 3.63) is 94.0 Å². The number of hydrogen-bond acceptors (Lipinski definition) is 6. The Morgan fingerprint density at radius 1 is 1.05 bits per heavy atom. The second-order valence-corrected chi connectivity index (χ2v) is 11.9. The second kappa shape index (κ2) is 13.5. The van der Waals surface area contributed by atoms with Crippen LogP contribution in [0.25, 0.3) is 0 Å². The van der Waals surface area contributed by atoms with E-state index in [1.54, 1.807) is 0 Å². The van der Waals surface area contributed by atoms with Gasteiger partial charge in [-0.05, 0) is 79.3 Å². The van der Waals surface area contributed by atoms with Crippen molar-refractivity contribution in [3.8, 4) is 5.75 Å². The van der Waals surface area contributed by atoms with Crippen LogP contribution in [0.1, 0.15) is 59.8 Å². The van der Waals surface area contributed by atoms with E-state index in [1.165, 1.54) is 0 Å². The summed E-state index contributed by atoms with van der Waals surface area (Å²) in [6, 6.07) is 21.4. The zero-order valence-electron chi connectivity index (χ0n) is 24.6. The van der Waals surface area contributed by atoms with Gasteiger partial charge >= 0.3 is 0 Å². The maximum atomic E-state index is 12.9. The van der Waals surface area contributed by atoms with Crippen LogP contribution in [0.15, 0.2) is 66.7 Å². The van der Waals surface area contributed by atoms with Gasteiger partial charge in [0, 0.05) is 48.9 Å². The molecule has 2 saturated heterocycles. The van der Waals surface area contributed by atoms with E-state index in [0.717, 1.165) is 54.1 Å². The molecule has 3 aromatic rings. The van der Waals surface area contributed by atoms with Crippen LogP contribution >= 0.6 is 11.6 Å². The first-order valence-corrected chi connectivity index (χ1v) is 15.2. The number of rotatable bonds is 9. The van der Waals surface area contributed by atoms with Crippen LogP contribution in [0.2, 0.25) is 5.02 Å². The third kappa shape index (κ3) is 6.76. The third-order valence-electron chi connectivity index (χ3n) is 8.48. The third-order valence-corrected chi connectivity index (χ3v) is 8.85. The molecular formula is C34H41ClN2O5. The fraction of sp³-hybridized carbons (Fsp3) is 0.441. The molecule has 3 aromatic carbocycles. The summed E-state index contributed by atoms with van der Waals surface area (Å²) in [5, 5.41) is 22.7. The first-order chi connectivity index (χ1) is 20.2. The Kier molecular flexibility index (Phi) is 9.74. The summed E-state index contributed by atoms with van der Waals surface area (Å²) >= 11 is 6.61. The Labute approximate surface area is 253 Å². The van der Waals surface area contributed by atoms with Crippen molar-refractivity contribution in [2.24, 2.45) is 5.92 Å². The highest BCUT2D eigenvalue weighted by Gasteiger charge is 2.43. The van der Waals surface area contributed by atoms with E-state index in [-0.39, 0.29) is 11.8 Å². The highest BCUT2D eigenvalue weighted by atomic mass is 35.5. The molecule has 1 amide bonds. The minimum absolute atomic E-state index is 0.0461. The van der Waals surface area contributed by atoms with E-state index < -0.39 is 24.4 Å². The van der Waals surface area contributed by atoms with E-state index in [1.807, 2.05) is 97.4 Å². The number of halogens is 1. The van der Waals surface area contributed by atoms with Gasteiger partial charge in [0.2, 0.25) is 0 Å². The molecule has 7 nitrogen and oxygen atoms in total. The normalized spacial score (nSPS) is 24.0. The zero-order chi connectivity index (χ0) is 29.8. The Morgan fingerprint density at radius 3 is 2.50 bits per heavy atom. The van der Waals surface area contributed by atoms with Crippen molar-refractivity contribution < 1.29 is 24.5 Å². The Balaban J connectivity index is 1.31. The number of aliphatic hydroxyl groups excluding tert-OH is 2. The lowest BCUT2D eigenvalue weighted by molar-refractivity contribution is -0.195. The highest BCUT2D eigenvalue weighted by Crippen LogP contribution is 2.38. The van der Waals surface area contributed by atoms with E-state index in [9.17, 15) is 15.0 Å². The lowest BCUT2D eigenvalue weighted by atomic mass is 9.84. The number of aliphatic hydroxyl groups is 2. The molecule has 0 radical (unpaired) electrons. The summed E-state index contributed by atoms with van der Waals surface area (Å²) in [4.78, 5) is 16.8. The standard InChI is InChI=1S/C34H41ClN2O5/c1-4-41-28-13-10-23(11-14-28)18-26-19-24(12-15-29(26)35)33-22(2)31(38)32(39)30(42-33)21-36(3)27-9-7-8-25(20-27)34(40)37-16-5-6-17-37/h7-15,19-20,22,30-33,38-39H,4-6,16-18,21H2,1-3H3/t22-,30-,31-,32-,33-/m1/s1. The summed E-state index contributed by atoms with van der Waals surface area (Å²) in [5.41, 5.74) is 4.48. The van der Waals surface area contributed by atoms with Gasteiger partial charge in [0.25, 0.3) is 5.91 Å². The first-order valence-electron chi connectivity index (χ1n) is 14.9. The quantitative estimate of drug-likeness (QED) is 0.341. The van der Waals surface area contributed by atoms with Gasteiger partial charge in [-0.15, -0.1) is 0 Å². The summed E-state index contributed by atoms with van der Waals surface area (Å²) in [6.45, 7) is 6.41. The molecule has 0 aromatic heterocycles. The summed E-state index contributed by atoms with van der Waals surface area (Å²) in [5.74, 6) is 0.547. The summed E-state index contributed by atoms with van der Waals surface area (Å²) in [6.07, 6.45) is -0.360. The summed E-state index contributed by atoms with van der Waals surface area (Å²) in [7, 11) is 1.91. The fourth-order valence-electron chi connectivity index (χ4n) is 5.99. The number of likely N-dealkylation sites (N-methyl/N-ethyl adjacent to an activating group) is 1. The molecule has 2 aliphatic heterocycles. The predicted molar refractivity (Wildman–Crippen MR) is 166 cm³/mol. The molecule has 0 aliphatic carbocycles. The van der Waals surface area contributed by atoms with Gasteiger partial charge in [-0.25, -0.2) is 0 Å². The molecule has 8 heteroatoms. The second-order valence-electron chi connectivity index (χ2n) is 11.5. The molecule has 0 unspecified atom stereocenters. The molecule has 42 heavy (non-hydrogen) atoms. The van der Waals surface area contributed by atoms with Gasteiger partial charge in [0.05, 0.1) is 18.8 Å². The first kappa shape index (κ1) is 30.4. The lowest BCUT2D eigenvalue weighted by Crippen LogP contribution is -2.54. The molecule has 0 spiro atoms. The van der Waals surface area contributed by atoms with Crippen molar-refractivity contribution in [2.75, 3.05) is 38.2 Å². The number of hydrogen-bond donors (Lipinski definition) is 2. The molecule has 224 valence electrons. The van der Waals surface area contributed by atoms with Crippen molar-refractivity contribution in [2.45, 2.75) is 57.5 Å². The van der Waals surface area contributed by atoms with E-state index in [0.29, 0.717) is 30.2 Å². The maximum absolute atomic E-state index is 12.9. The van der Waals surface area contributed by atoms with Crippen molar-refractivity contribution in [1.82, 2.24) is 4.90 Å². The van der Waals surface area contributed by atoms with Crippen LogP contribution in [-0.4, -0.2) is 72.6 Å². The van der Waals surface area contributed by atoms with Crippen LogP contribution in [0.4, 0.5) is 5.69 Å². The Hall–Kier alpha value is -3.10. The average Bonchev–Trinajstić information content (AvgIpc) is 3.55. The topological polar surface area (TPSA) is 82.5 Å². The lowest BCUT2D eigenvalue weighted by Gasteiger charge is -2.43. The molecule has 0 bridgehead atoms. The molecular weight excluding hydrogens is 552 g/mol. The minimum atomic E-state index is -1.05.